The van der Waals surface area contributed by atoms with Crippen molar-refractivity contribution in [3.8, 4) is 0 Å². The van der Waals surface area contributed by atoms with Gasteiger partial charge in [0, 0.05) is 38.8 Å². The Kier molecular flexibility index (Phi) is 5.49. The number of nitrogens with zero attached hydrogens (tertiary/aromatic N) is 3. The number of fused-ring (bicyclic) bond motifs is 1. The SMILES string of the molecule is CN(CC1Cc2ccccc2CO1)C(=O)CN1CCN(c2ccc(F)cc2)C1=O. The summed E-state index contributed by atoms with van der Waals surface area (Å²) in [5, 5.41) is 0. The van der Waals surface area contributed by atoms with Gasteiger partial charge < -0.3 is 14.5 Å². The van der Waals surface area contributed by atoms with E-state index in [0.29, 0.717) is 31.9 Å². The number of hydrogen-bond acceptors (Lipinski definition) is 3. The van der Waals surface area contributed by atoms with E-state index >= 15 is 0 Å². The first-order valence-electron chi connectivity index (χ1n) is 9.75. The Labute approximate surface area is 169 Å². The Bertz CT molecular complexity index is 902. The Morgan fingerprint density at radius 2 is 1.86 bits per heavy atom. The fraction of sp³-hybridized carbons (Fsp3) is 0.364. The molecule has 6 nitrogen and oxygen atoms in total. The summed E-state index contributed by atoms with van der Waals surface area (Å²) in [4.78, 5) is 30.0. The number of amides is 3. The first-order chi connectivity index (χ1) is 14.0. The molecule has 0 aromatic heterocycles. The third-order valence-electron chi connectivity index (χ3n) is 5.50. The maximum atomic E-state index is 13.1. The van der Waals surface area contributed by atoms with Gasteiger partial charge in [-0.3, -0.25) is 9.69 Å². The average Bonchev–Trinajstić information content (AvgIpc) is 3.08. The number of benzene rings is 2. The molecule has 0 bridgehead atoms. The highest BCUT2D eigenvalue weighted by molar-refractivity contribution is 5.96. The second kappa shape index (κ2) is 8.21. The zero-order chi connectivity index (χ0) is 20.4. The molecule has 0 N–H and O–H groups in total. The monoisotopic (exact) mass is 397 g/mol. The molecule has 152 valence electrons. The smallest absolute Gasteiger partial charge is 0.325 e. The minimum atomic E-state index is -0.346. The molecule has 2 heterocycles. The van der Waals surface area contributed by atoms with Crippen molar-refractivity contribution in [1.29, 1.82) is 0 Å². The van der Waals surface area contributed by atoms with Crippen LogP contribution in [0.4, 0.5) is 14.9 Å². The van der Waals surface area contributed by atoms with Crippen molar-refractivity contribution in [1.82, 2.24) is 9.80 Å². The van der Waals surface area contributed by atoms with Crippen LogP contribution in [-0.4, -0.2) is 61.1 Å². The van der Waals surface area contributed by atoms with Gasteiger partial charge in [0.1, 0.15) is 12.4 Å². The van der Waals surface area contributed by atoms with Gasteiger partial charge in [0.25, 0.3) is 0 Å². The van der Waals surface area contributed by atoms with Crippen LogP contribution in [0, 0.1) is 5.82 Å². The molecule has 0 radical (unpaired) electrons. The zero-order valence-electron chi connectivity index (χ0n) is 16.4. The lowest BCUT2D eigenvalue weighted by Gasteiger charge is -2.29. The van der Waals surface area contributed by atoms with Crippen molar-refractivity contribution in [2.45, 2.75) is 19.1 Å². The second-order valence-corrected chi connectivity index (χ2v) is 7.51. The molecule has 0 spiro atoms. The summed E-state index contributed by atoms with van der Waals surface area (Å²) >= 11 is 0. The van der Waals surface area contributed by atoms with Gasteiger partial charge in [-0.25, -0.2) is 9.18 Å². The minimum absolute atomic E-state index is 0.0241. The molecule has 4 rings (SSSR count). The summed E-state index contributed by atoms with van der Waals surface area (Å²) in [6.45, 7) is 2.00. The minimum Gasteiger partial charge on any atom is -0.371 e. The van der Waals surface area contributed by atoms with Crippen LogP contribution in [-0.2, 0) is 22.6 Å². The lowest BCUT2D eigenvalue weighted by Crippen LogP contribution is -2.44. The van der Waals surface area contributed by atoms with E-state index in [-0.39, 0.29) is 30.4 Å². The number of hydrogen-bond donors (Lipinski definition) is 0. The third kappa shape index (κ3) is 4.24. The summed E-state index contributed by atoms with van der Waals surface area (Å²) in [6, 6.07) is 13.7. The Balaban J connectivity index is 1.31. The number of carbonyl (C=O) groups excluding carboxylic acids is 2. The van der Waals surface area contributed by atoms with E-state index in [9.17, 15) is 14.0 Å². The topological polar surface area (TPSA) is 53.1 Å². The predicted molar refractivity (Wildman–Crippen MR) is 107 cm³/mol. The molecule has 3 amide bonds. The van der Waals surface area contributed by atoms with E-state index in [0.717, 1.165) is 6.42 Å². The van der Waals surface area contributed by atoms with Gasteiger partial charge >= 0.3 is 6.03 Å². The second-order valence-electron chi connectivity index (χ2n) is 7.51. The number of likely N-dealkylation sites (N-methyl/N-ethyl adjacent to an activating group) is 1. The number of anilines is 1. The van der Waals surface area contributed by atoms with Gasteiger partial charge in [0.05, 0.1) is 12.7 Å². The van der Waals surface area contributed by atoms with Crippen molar-refractivity contribution in [2.75, 3.05) is 38.1 Å². The Hall–Kier alpha value is -2.93. The van der Waals surface area contributed by atoms with E-state index < -0.39 is 0 Å². The molecule has 1 fully saturated rings. The largest absolute Gasteiger partial charge is 0.371 e. The number of carbonyl (C=O) groups is 2. The zero-order valence-corrected chi connectivity index (χ0v) is 16.4. The summed E-state index contributed by atoms with van der Waals surface area (Å²) in [5.41, 5.74) is 3.09. The molecular weight excluding hydrogens is 373 g/mol. The fourth-order valence-corrected chi connectivity index (χ4v) is 3.81. The number of ether oxygens (including phenoxy) is 1. The van der Waals surface area contributed by atoms with Gasteiger partial charge in [0.15, 0.2) is 0 Å². The van der Waals surface area contributed by atoms with E-state index in [1.165, 1.54) is 28.2 Å². The quantitative estimate of drug-likeness (QED) is 0.780. The number of halogens is 1. The van der Waals surface area contributed by atoms with Crippen molar-refractivity contribution in [2.24, 2.45) is 0 Å². The highest BCUT2D eigenvalue weighted by Crippen LogP contribution is 2.22. The van der Waals surface area contributed by atoms with E-state index in [1.807, 2.05) is 12.1 Å². The maximum absolute atomic E-state index is 13.1. The number of rotatable bonds is 5. The molecule has 29 heavy (non-hydrogen) atoms. The summed E-state index contributed by atoms with van der Waals surface area (Å²) in [7, 11) is 1.74. The van der Waals surface area contributed by atoms with Crippen LogP contribution in [0.3, 0.4) is 0 Å². The van der Waals surface area contributed by atoms with Gasteiger partial charge in [0.2, 0.25) is 5.91 Å². The van der Waals surface area contributed by atoms with Crippen LogP contribution in [0.1, 0.15) is 11.1 Å². The lowest BCUT2D eigenvalue weighted by molar-refractivity contribution is -0.132. The number of urea groups is 1. The highest BCUT2D eigenvalue weighted by atomic mass is 19.1. The summed E-state index contributed by atoms with van der Waals surface area (Å²) in [6.07, 6.45) is 0.721. The molecule has 2 aliphatic heterocycles. The molecule has 1 saturated heterocycles. The molecular formula is C22H24FN3O3. The third-order valence-corrected chi connectivity index (χ3v) is 5.50. The van der Waals surface area contributed by atoms with Crippen molar-refractivity contribution in [3.63, 3.8) is 0 Å². The van der Waals surface area contributed by atoms with Crippen LogP contribution < -0.4 is 4.90 Å². The molecule has 2 aromatic rings. The first-order valence-corrected chi connectivity index (χ1v) is 9.75. The van der Waals surface area contributed by atoms with Gasteiger partial charge in [-0.2, -0.15) is 0 Å². The predicted octanol–water partition coefficient (Wildman–Crippen LogP) is 2.67. The van der Waals surface area contributed by atoms with Gasteiger partial charge in [-0.15, -0.1) is 0 Å². The van der Waals surface area contributed by atoms with E-state index in [1.54, 1.807) is 29.0 Å². The Morgan fingerprint density at radius 1 is 1.14 bits per heavy atom. The molecule has 0 saturated carbocycles. The average molecular weight is 397 g/mol. The van der Waals surface area contributed by atoms with Crippen LogP contribution >= 0.6 is 0 Å². The van der Waals surface area contributed by atoms with Crippen molar-refractivity contribution >= 4 is 17.6 Å². The van der Waals surface area contributed by atoms with Crippen molar-refractivity contribution < 1.29 is 18.7 Å². The van der Waals surface area contributed by atoms with E-state index in [2.05, 4.69) is 12.1 Å². The summed E-state index contributed by atoms with van der Waals surface area (Å²) < 4.78 is 19.0. The van der Waals surface area contributed by atoms with Gasteiger partial charge in [-0.1, -0.05) is 24.3 Å². The molecule has 2 aliphatic rings. The Morgan fingerprint density at radius 3 is 2.62 bits per heavy atom. The fourth-order valence-electron chi connectivity index (χ4n) is 3.81. The normalized spacial score (nSPS) is 18.7. The van der Waals surface area contributed by atoms with Gasteiger partial charge in [-0.05, 0) is 35.4 Å². The molecule has 7 heteroatoms. The molecule has 0 aliphatic carbocycles. The van der Waals surface area contributed by atoms with Crippen LogP contribution in [0.15, 0.2) is 48.5 Å². The van der Waals surface area contributed by atoms with Crippen LogP contribution in [0.5, 0.6) is 0 Å². The standard InChI is InChI=1S/C22H24FN3O3/c1-24(13-20-12-16-4-2-3-5-17(16)15-29-20)21(27)14-25-10-11-26(22(25)28)19-8-6-18(23)7-9-19/h2-9,20H,10-15H2,1H3. The summed E-state index contributed by atoms with van der Waals surface area (Å²) in [5.74, 6) is -0.469. The molecule has 1 unspecified atom stereocenters. The van der Waals surface area contributed by atoms with E-state index in [4.69, 9.17) is 4.74 Å². The van der Waals surface area contributed by atoms with Crippen LogP contribution in [0.2, 0.25) is 0 Å². The maximum Gasteiger partial charge on any atom is 0.325 e. The molecule has 2 aromatic carbocycles. The highest BCUT2D eigenvalue weighted by Gasteiger charge is 2.32. The van der Waals surface area contributed by atoms with Crippen LogP contribution in [0.25, 0.3) is 0 Å². The molecule has 1 atom stereocenters. The first kappa shape index (κ1) is 19.4. The lowest BCUT2D eigenvalue weighted by atomic mass is 9.99. The van der Waals surface area contributed by atoms with Crippen molar-refractivity contribution in [3.05, 3.63) is 65.5 Å².